The molecule has 0 aromatic heterocycles. The predicted octanol–water partition coefficient (Wildman–Crippen LogP) is -2.35. The van der Waals surface area contributed by atoms with Crippen molar-refractivity contribution < 1.29 is 114 Å². The molecule has 9 rings (SSSR count). The number of carboxylic acids is 1. The minimum absolute atomic E-state index is 0.0220. The lowest BCUT2D eigenvalue weighted by Crippen LogP contribution is -2.75. The maximum absolute atomic E-state index is 14.1. The smallest absolute Gasteiger partial charge is 0.338 e. The van der Waals surface area contributed by atoms with Crippen LogP contribution < -0.4 is 0 Å². The lowest BCUT2D eigenvalue weighted by molar-refractivity contribution is -0.366. The molecule has 0 bridgehead atoms. The van der Waals surface area contributed by atoms with Crippen LogP contribution >= 0.6 is 12.6 Å². The Morgan fingerprint density at radius 3 is 1.91 bits per heavy atom. The van der Waals surface area contributed by atoms with Gasteiger partial charge in [-0.15, -0.1) is 0 Å². The van der Waals surface area contributed by atoms with E-state index in [0.29, 0.717) is 0 Å². The zero-order valence-electron chi connectivity index (χ0n) is 46.7. The van der Waals surface area contributed by atoms with Crippen LogP contribution in [0.3, 0.4) is 0 Å². The Bertz CT molecular complexity index is 2710. The number of carbonyl (C=O) groups is 3. The molecule has 7 aliphatic rings. The third-order valence-corrected chi connectivity index (χ3v) is 19.7. The summed E-state index contributed by atoms with van der Waals surface area (Å²) in [7, 11) is 37.2. The highest BCUT2D eigenvalue weighted by atomic mass is 32.1. The van der Waals surface area contributed by atoms with Gasteiger partial charge in [-0.2, -0.15) is 12.6 Å². The van der Waals surface area contributed by atoms with Crippen molar-refractivity contribution in [3.63, 3.8) is 0 Å². The molecule has 6 fully saturated rings. The maximum Gasteiger partial charge on any atom is 0.338 e. The summed E-state index contributed by atoms with van der Waals surface area (Å²) in [5.41, 5.74) is -1.69. The summed E-state index contributed by atoms with van der Waals surface area (Å²) in [5, 5.41) is 128. The molecule has 2 heterocycles. The first-order valence-corrected chi connectivity index (χ1v) is 28.8. The van der Waals surface area contributed by atoms with Crippen molar-refractivity contribution in [1.82, 2.24) is 0 Å². The van der Waals surface area contributed by atoms with Gasteiger partial charge in [0.1, 0.15) is 61.0 Å². The summed E-state index contributed by atoms with van der Waals surface area (Å²) < 4.78 is 46.5. The molecule has 2 aromatic carbocycles. The standard InChI is InChI=1S/C56H71B5O23S/c1-23(64)40(81-49-38(69)35(66)30(65)21-77-49)41(82-50-39(70)37(68)36(67)32(20-62)80-50)51(78-24(2)46(73)74)79-31-16-17-53(58)28(34(31)57)15-18-54(59)33(53)14-13-27-29-19-55(60,85)45(84-48(76)26-11-7-4-8-12-26)44(83-47(75)25-9-5-3-6-10-25)52(29,22-63)42(71)43(72)56(27,54)61/h3-13,23-24,28-45,49-51,62-72,85H,14-22H2,1-2H3,(H,73,74)/t23?,24?,28?,29?,30?,31-,32?,33?,34+,35?,36?,37?,38?,39?,40?,41?,42+,43-,44-,45-,49?,50?,51?,52-,53+,54-,55+,56+/m0/s1. The van der Waals surface area contributed by atoms with Gasteiger partial charge in [0, 0.05) is 4.65 Å². The van der Waals surface area contributed by atoms with Crippen LogP contribution in [0.15, 0.2) is 72.3 Å². The van der Waals surface area contributed by atoms with E-state index in [9.17, 15) is 75.7 Å². The van der Waals surface area contributed by atoms with Crippen molar-refractivity contribution >= 4 is 69.8 Å². The number of benzene rings is 2. The van der Waals surface area contributed by atoms with E-state index in [1.807, 2.05) is 0 Å². The number of rotatable bonds is 18. The average molecular weight is 1200 g/mol. The van der Waals surface area contributed by atoms with Crippen molar-refractivity contribution in [3.05, 3.63) is 83.4 Å². The van der Waals surface area contributed by atoms with Gasteiger partial charge in [0.25, 0.3) is 0 Å². The minimum atomic E-state index is -2.09. The van der Waals surface area contributed by atoms with E-state index >= 15 is 0 Å². The lowest BCUT2D eigenvalue weighted by atomic mass is 9.22. The Labute approximate surface area is 503 Å². The monoisotopic (exact) mass is 1200 g/mol. The number of aliphatic hydroxyl groups is 11. The van der Waals surface area contributed by atoms with Gasteiger partial charge in [-0.25, -0.2) is 14.4 Å². The highest BCUT2D eigenvalue weighted by Crippen LogP contribution is 2.80. The number of allylic oxidation sites excluding steroid dienone is 1. The SMILES string of the molecule is [B][C@@H]1C2CC[C@]3([B])C(CC=C4C5C[C@@]([B])(S)[C@@H](OC(=O)c6ccccc6)[C@H](OC(=O)c6ccccc6)[C@]5(CO)[C@H](O)[C@H](O)[C@]43[B])[C@@]2([B])CC[C@@H]1OC(OC(C)C(=O)O)C(OC1OC(CO)C(O)C(O)C1O)C(OC1OCC(O)C(O)C1O)C(C)O. The molecular formula is C56H71B5O23S. The fraction of sp³-hybridized carbons (Fsp3) is 0.696. The van der Waals surface area contributed by atoms with Crippen molar-refractivity contribution in [1.29, 1.82) is 0 Å². The van der Waals surface area contributed by atoms with Gasteiger partial charge < -0.3 is 99.2 Å². The number of carboxylic acid groups (broad SMARTS) is 1. The second kappa shape index (κ2) is 25.5. The number of thiol groups is 1. The molecule has 10 radical (unpaired) electrons. The second-order valence-corrected chi connectivity index (χ2v) is 24.9. The van der Waals surface area contributed by atoms with Gasteiger partial charge in [-0.05, 0) is 86.3 Å². The molecule has 2 aromatic rings. The molecule has 454 valence electrons. The van der Waals surface area contributed by atoms with Gasteiger partial charge in [-0.3, -0.25) is 0 Å². The molecule has 17 unspecified atom stereocenters. The topological polar surface area (TPSA) is 368 Å². The van der Waals surface area contributed by atoms with Crippen LogP contribution in [0.2, 0.25) is 21.8 Å². The van der Waals surface area contributed by atoms with Crippen LogP contribution in [-0.4, -0.2) is 259 Å². The van der Waals surface area contributed by atoms with E-state index in [1.165, 1.54) is 31.2 Å². The molecule has 28 atom stereocenters. The normalized spacial score (nSPS) is 44.2. The van der Waals surface area contributed by atoms with Gasteiger partial charge in [0.05, 0.1) is 100 Å². The summed E-state index contributed by atoms with van der Waals surface area (Å²) in [6, 6.07) is 15.6. The van der Waals surface area contributed by atoms with E-state index in [1.54, 1.807) is 42.5 Å². The molecule has 0 spiro atoms. The first-order chi connectivity index (χ1) is 40.0. The quantitative estimate of drug-likeness (QED) is 0.0244. The van der Waals surface area contributed by atoms with Crippen LogP contribution in [0.4, 0.5) is 0 Å². The van der Waals surface area contributed by atoms with Crippen LogP contribution in [0, 0.1) is 23.2 Å². The fourth-order valence-electron chi connectivity index (χ4n) is 14.6. The largest absolute Gasteiger partial charge is 0.479 e. The number of hydrogen-bond donors (Lipinski definition) is 13. The molecule has 4 saturated carbocycles. The zero-order chi connectivity index (χ0) is 62.0. The van der Waals surface area contributed by atoms with Crippen molar-refractivity contribution in [2.24, 2.45) is 23.2 Å². The molecule has 5 aliphatic carbocycles. The van der Waals surface area contributed by atoms with Gasteiger partial charge in [0.15, 0.2) is 31.1 Å². The van der Waals surface area contributed by atoms with Crippen molar-refractivity contribution in [2.45, 2.75) is 195 Å². The summed E-state index contributed by atoms with van der Waals surface area (Å²) in [4.78, 5) is 40.6. The molecular weight excluding hydrogens is 1130 g/mol. The summed E-state index contributed by atoms with van der Waals surface area (Å²) in [6.45, 7) is -0.132. The fourth-order valence-corrected chi connectivity index (χ4v) is 14.9. The molecule has 85 heavy (non-hydrogen) atoms. The number of carbonyl (C=O) groups excluding carboxylic acids is 2. The average Bonchev–Trinajstić information content (AvgIpc) is 1.34. The number of fused-ring (bicyclic) bond motifs is 7. The summed E-state index contributed by atoms with van der Waals surface area (Å²) in [5.74, 6) is -7.25. The van der Waals surface area contributed by atoms with Gasteiger partial charge >= 0.3 is 17.9 Å². The highest BCUT2D eigenvalue weighted by Gasteiger charge is 2.75. The number of aliphatic carboxylic acids is 1. The minimum Gasteiger partial charge on any atom is -0.479 e. The lowest BCUT2D eigenvalue weighted by Gasteiger charge is -2.74. The summed E-state index contributed by atoms with van der Waals surface area (Å²) >= 11 is 4.87. The molecule has 29 heteroatoms. The van der Waals surface area contributed by atoms with E-state index in [4.69, 9.17) is 89.8 Å². The van der Waals surface area contributed by atoms with E-state index in [2.05, 4.69) is 0 Å². The maximum atomic E-state index is 14.1. The predicted molar refractivity (Wildman–Crippen MR) is 301 cm³/mol. The molecule has 2 aliphatic heterocycles. The van der Waals surface area contributed by atoms with E-state index < -0.39 is 204 Å². The number of aliphatic hydroxyl groups excluding tert-OH is 11. The van der Waals surface area contributed by atoms with Crippen LogP contribution in [-0.2, 0) is 42.7 Å². The number of ether oxygens (including phenoxy) is 8. The molecule has 23 nitrogen and oxygen atoms in total. The second-order valence-electron chi connectivity index (χ2n) is 24.1. The Morgan fingerprint density at radius 1 is 0.741 bits per heavy atom. The van der Waals surface area contributed by atoms with E-state index in [-0.39, 0.29) is 55.2 Å². The van der Waals surface area contributed by atoms with Crippen LogP contribution in [0.25, 0.3) is 0 Å². The molecule has 12 N–H and O–H groups in total. The number of esters is 2. The van der Waals surface area contributed by atoms with Crippen LogP contribution in [0.5, 0.6) is 0 Å². The third-order valence-electron chi connectivity index (χ3n) is 19.3. The van der Waals surface area contributed by atoms with Crippen molar-refractivity contribution in [2.75, 3.05) is 19.8 Å². The van der Waals surface area contributed by atoms with Crippen molar-refractivity contribution in [3.8, 4) is 0 Å². The Balaban J connectivity index is 1.05. The van der Waals surface area contributed by atoms with Gasteiger partial charge in [-0.1, -0.05) is 77.9 Å². The first-order valence-electron chi connectivity index (χ1n) is 28.4. The number of hydrogen-bond acceptors (Lipinski definition) is 23. The molecule has 2 saturated heterocycles. The Kier molecular flexibility index (Phi) is 19.8. The molecule has 0 amide bonds. The van der Waals surface area contributed by atoms with Crippen LogP contribution in [0.1, 0.15) is 73.1 Å². The Hall–Kier alpha value is -3.42. The highest BCUT2D eigenvalue weighted by molar-refractivity contribution is 7.83. The Morgan fingerprint density at radius 2 is 1.33 bits per heavy atom. The summed E-state index contributed by atoms with van der Waals surface area (Å²) in [6.07, 6.45) is -33.4. The zero-order valence-corrected chi connectivity index (χ0v) is 47.6. The van der Waals surface area contributed by atoms with Gasteiger partial charge in [0.2, 0.25) is 0 Å². The van der Waals surface area contributed by atoms with E-state index in [0.717, 1.165) is 6.92 Å². The first kappa shape index (κ1) is 66.0. The third kappa shape index (κ3) is 11.5.